The van der Waals surface area contributed by atoms with Gasteiger partial charge in [-0.25, -0.2) is 26.0 Å². The average molecular weight is 1090 g/mol. The molecule has 1 atom stereocenters. The Kier molecular flexibility index (Phi) is 18.6. The van der Waals surface area contributed by atoms with Crippen molar-refractivity contribution >= 4 is 85.5 Å². The summed E-state index contributed by atoms with van der Waals surface area (Å²) < 4.78 is 80.1. The number of aromatic nitrogens is 2. The van der Waals surface area contributed by atoms with Crippen molar-refractivity contribution < 1.29 is 31.5 Å². The molecule has 10 aromatic carbocycles. The maximum Gasteiger partial charge on any atom is 0.313 e. The van der Waals surface area contributed by atoms with E-state index in [0.29, 0.717) is 22.1 Å². The van der Waals surface area contributed by atoms with Crippen LogP contribution in [0.3, 0.4) is 0 Å². The van der Waals surface area contributed by atoms with Gasteiger partial charge in [-0.2, -0.15) is 0 Å². The van der Waals surface area contributed by atoms with Crippen LogP contribution in [0.4, 0.5) is 17.6 Å². The van der Waals surface area contributed by atoms with Gasteiger partial charge in [0.05, 0.1) is 20.8 Å². The predicted molar refractivity (Wildman–Crippen MR) is 316 cm³/mol. The third kappa shape index (κ3) is 12.2. The second-order valence-electron chi connectivity index (χ2n) is 18.5. The first-order chi connectivity index (χ1) is 37.9. The van der Waals surface area contributed by atoms with Gasteiger partial charge in [0.2, 0.25) is 9.84 Å². The van der Waals surface area contributed by atoms with Crippen LogP contribution < -0.4 is 4.72 Å². The van der Waals surface area contributed by atoms with E-state index in [1.807, 2.05) is 42.2 Å². The Morgan fingerprint density at radius 2 is 0.823 bits per heavy atom. The Morgan fingerprint density at radius 1 is 0.468 bits per heavy atom. The smallest absolute Gasteiger partial charge is 0.313 e. The zero-order chi connectivity index (χ0) is 54.8. The molecule has 79 heavy (non-hydrogen) atoms. The zero-order valence-electron chi connectivity index (χ0n) is 43.6. The monoisotopic (exact) mass is 1080 g/mol. The Balaban J connectivity index is 0.000000129. The van der Waals surface area contributed by atoms with E-state index in [1.54, 1.807) is 36.7 Å². The highest BCUT2D eigenvalue weighted by atomic mass is 32.2. The van der Waals surface area contributed by atoms with E-state index in [-0.39, 0.29) is 20.9 Å². The molecule has 14 rings (SSSR count). The molecule has 0 saturated carbocycles. The number of pyridine rings is 2. The Labute approximate surface area is 463 Å². The Morgan fingerprint density at radius 3 is 1.24 bits per heavy atom. The van der Waals surface area contributed by atoms with Crippen LogP contribution in [0.25, 0.3) is 60.2 Å². The van der Waals surface area contributed by atoms with Crippen molar-refractivity contribution in [1.82, 2.24) is 9.97 Å². The molecule has 0 saturated heterocycles. The van der Waals surface area contributed by atoms with Crippen molar-refractivity contribution in [1.29, 1.82) is 0 Å². The van der Waals surface area contributed by atoms with Crippen LogP contribution in [-0.2, 0) is 16.3 Å². The minimum absolute atomic E-state index is 0. The maximum atomic E-state index is 12.7. The fraction of sp³-hybridized carbons (Fsp3) is 0.0746. The average Bonchev–Trinajstić information content (AvgIpc) is 4.14. The van der Waals surface area contributed by atoms with Crippen molar-refractivity contribution in [2.24, 2.45) is 4.72 Å². The van der Waals surface area contributed by atoms with E-state index < -0.39 is 44.2 Å². The lowest BCUT2D eigenvalue weighted by molar-refractivity contribution is 0.436. The Hall–Kier alpha value is -8.34. The van der Waals surface area contributed by atoms with Gasteiger partial charge in [0.25, 0.3) is 0 Å². The lowest BCUT2D eigenvalue weighted by Gasteiger charge is -2.19. The molecule has 393 valence electrons. The number of sulfone groups is 1. The van der Waals surface area contributed by atoms with E-state index in [1.165, 1.54) is 49.0 Å². The summed E-state index contributed by atoms with van der Waals surface area (Å²) in [5.74, 6) is -2.88. The number of fused-ring (bicyclic) bond motifs is 12. The highest BCUT2D eigenvalue weighted by Gasteiger charge is 2.28. The summed E-state index contributed by atoms with van der Waals surface area (Å²) in [7, 11) is -3.30. The number of rotatable bonds is 1. The molecule has 2 aromatic heterocycles. The van der Waals surface area contributed by atoms with E-state index >= 15 is 0 Å². The number of allylic oxidation sites excluding steroid dienone is 1. The normalized spacial score (nSPS) is 12.9. The van der Waals surface area contributed by atoms with Gasteiger partial charge in [0, 0.05) is 46.6 Å². The predicted octanol–water partition coefficient (Wildman–Crippen LogP) is 15.8. The van der Waals surface area contributed by atoms with Gasteiger partial charge in [0.1, 0.15) is 0 Å². The molecule has 12 heteroatoms. The minimum Gasteiger partial charge on any atom is -0.420 e. The second kappa shape index (κ2) is 25.9. The Bertz CT molecular complexity index is 3830. The summed E-state index contributed by atoms with van der Waals surface area (Å²) in [6.45, 7) is 1.96. The summed E-state index contributed by atoms with van der Waals surface area (Å²) in [6.07, 6.45) is 8.80. The van der Waals surface area contributed by atoms with Gasteiger partial charge in [-0.15, -0.1) is 0 Å². The fourth-order valence-corrected chi connectivity index (χ4v) is 11.5. The number of hydrogen-bond acceptors (Lipinski definition) is 5. The fourth-order valence-electron chi connectivity index (χ4n) is 9.74. The van der Waals surface area contributed by atoms with E-state index in [4.69, 9.17) is 4.72 Å². The molecular weight excluding hydrogens is 1030 g/mol. The molecule has 1 aliphatic heterocycles. The summed E-state index contributed by atoms with van der Waals surface area (Å²) >= 11 is 0.250. The molecule has 0 fully saturated rings. The molecule has 3 heterocycles. The first kappa shape index (κ1) is 56.9. The molecule has 0 spiro atoms. The van der Waals surface area contributed by atoms with E-state index in [2.05, 4.69) is 174 Å². The van der Waals surface area contributed by atoms with Crippen molar-refractivity contribution in [3.8, 4) is 0 Å². The van der Waals surface area contributed by atoms with E-state index in [0.717, 1.165) is 46.8 Å². The maximum absolute atomic E-state index is 12.7. The molecule has 2 aliphatic rings. The van der Waals surface area contributed by atoms with E-state index in [9.17, 15) is 26.0 Å². The van der Waals surface area contributed by atoms with Gasteiger partial charge in [-0.05, 0) is 98.2 Å². The van der Waals surface area contributed by atoms with Gasteiger partial charge in [0.15, 0.2) is 23.3 Å². The summed E-state index contributed by atoms with van der Waals surface area (Å²) in [6, 6.07) is 71.8. The molecule has 6 nitrogen and oxygen atoms in total. The lowest BCUT2D eigenvalue weighted by Crippen LogP contribution is -2.14. The van der Waals surface area contributed by atoms with Crippen molar-refractivity contribution in [2.45, 2.75) is 41.8 Å². The van der Waals surface area contributed by atoms with Crippen LogP contribution in [0, 0.1) is 37.1 Å². The first-order valence-electron chi connectivity index (χ1n) is 25.3. The largest absolute Gasteiger partial charge is 0.420 e. The molecule has 1 radical (unpaired) electrons. The van der Waals surface area contributed by atoms with Crippen LogP contribution in [0.5, 0.6) is 0 Å². The molecule has 4 N–H and O–H groups in total. The number of nitrogens with two attached hydrogens (primary N) is 1. The van der Waals surface area contributed by atoms with Crippen LogP contribution in [0.1, 0.15) is 44.9 Å². The summed E-state index contributed by atoms with van der Waals surface area (Å²) in [5, 5.41) is 10.3. The second-order valence-corrected chi connectivity index (χ2v) is 21.0. The standard InChI is InChI=1S/C18H12.C15H12.C13H10O2S.C12H8N2.C8H6F4.CH3.Al.H2N.H2O/c1-2-8-14-13(7-1)15-9-3-4-11-17(15)18-12-6-5-10-16(14)18;1-2-6-12(7-3-1)15-11-10-13-8-4-5-9-14(13)15;14-16(15)12-7-3-1-5-10(12)9-11-6-2-4-8-13(11)16;1-3-9-5-6-10-4-2-8-14-12(10)11(9)13-7-1;1-3-5(9)7(11)4(2)8(12)6(3)10;;;;/h1-12H;1-11,15H;1-8H,9H2;1-8H;1-2H3;1H3;;2*1H2/q;;;;;;+1;-1;. The SMILES string of the molecule is C1=CC(c2ccccc2)c2ccccc21.Cc1c(F)c(F)c(C)c(F)c1F.O.O=S1(=O)c2ccccc2Cc2ccccc21.[CH3][Al][NH2].c1ccc2c(c1)c1ccccc1c1ccccc21.c1cnc2c(c1)ccc1cccnc12. The highest BCUT2D eigenvalue weighted by molar-refractivity contribution is 7.91. The quantitative estimate of drug-likeness (QED) is 0.0760. The number of nitrogens with zero attached hydrogens (tertiary/aromatic N) is 2. The zero-order valence-corrected chi connectivity index (χ0v) is 45.6. The number of hydrogen-bond donors (Lipinski definition) is 1. The summed E-state index contributed by atoms with van der Waals surface area (Å²) in [5.41, 5.74) is 6.62. The summed E-state index contributed by atoms with van der Waals surface area (Å²) in [4.78, 5) is 9.60. The molecular formula is C67H55AlF4N3O3S. The van der Waals surface area contributed by atoms with Crippen LogP contribution in [0.2, 0.25) is 5.79 Å². The lowest BCUT2D eigenvalue weighted by atomic mass is 9.93. The van der Waals surface area contributed by atoms with Crippen molar-refractivity contribution in [3.05, 3.63) is 293 Å². The molecule has 12 aromatic rings. The molecule has 1 aliphatic carbocycles. The topological polar surface area (TPSA) is 117 Å². The highest BCUT2D eigenvalue weighted by Crippen LogP contribution is 2.37. The van der Waals surface area contributed by atoms with Crippen molar-refractivity contribution in [2.75, 3.05) is 0 Å². The van der Waals surface area contributed by atoms with Gasteiger partial charge < -0.3 is 10.2 Å². The third-order valence-electron chi connectivity index (χ3n) is 13.6. The molecule has 1 unspecified atom stereocenters. The van der Waals surface area contributed by atoms with Crippen molar-refractivity contribution in [3.63, 3.8) is 0 Å². The number of halogens is 4. The van der Waals surface area contributed by atoms with Crippen LogP contribution in [0.15, 0.2) is 241 Å². The van der Waals surface area contributed by atoms with Crippen LogP contribution in [-0.4, -0.2) is 39.3 Å². The third-order valence-corrected chi connectivity index (χ3v) is 15.5. The van der Waals surface area contributed by atoms with Gasteiger partial charge in [-0.3, -0.25) is 9.97 Å². The molecule has 0 amide bonds. The number of benzene rings is 10. The minimum atomic E-state index is -3.30. The van der Waals surface area contributed by atoms with Gasteiger partial charge in [-0.1, -0.05) is 206 Å². The first-order valence-corrected chi connectivity index (χ1v) is 28.6. The van der Waals surface area contributed by atoms with Gasteiger partial charge >= 0.3 is 15.4 Å². The molecule has 0 bridgehead atoms. The van der Waals surface area contributed by atoms with Crippen LogP contribution >= 0.6 is 0 Å².